The number of alkyl halides is 1. The number of rotatable bonds is 3. The Morgan fingerprint density at radius 3 is 2.33 bits per heavy atom. The van der Waals surface area contributed by atoms with Crippen LogP contribution in [0.25, 0.3) is 0 Å². The fourth-order valence-electron chi connectivity index (χ4n) is 0.0630. The average Bonchev–Trinajstić information content (AvgIpc) is 1.61. The molecule has 0 aromatic carbocycles. The van der Waals surface area contributed by atoms with Gasteiger partial charge in [0.25, 0.3) is 0 Å². The van der Waals surface area contributed by atoms with E-state index in [0.717, 1.165) is 0 Å². The summed E-state index contributed by atoms with van der Waals surface area (Å²) in [6.07, 6.45) is 0. The van der Waals surface area contributed by atoms with Crippen LogP contribution in [-0.4, -0.2) is 13.7 Å². The Bertz CT molecular complexity index is 21.5. The van der Waals surface area contributed by atoms with E-state index in [4.69, 9.17) is 0 Å². The Morgan fingerprint density at radius 1 is 1.50 bits per heavy atom. The van der Waals surface area contributed by atoms with Crippen molar-refractivity contribution in [3.63, 3.8) is 0 Å². The van der Waals surface area contributed by atoms with E-state index in [9.17, 15) is 8.92 Å². The van der Waals surface area contributed by atoms with E-state index < -0.39 is 13.7 Å². The lowest BCUT2D eigenvalue weighted by Gasteiger charge is -1.86. The van der Waals surface area contributed by atoms with Gasteiger partial charge in [0.1, 0.15) is 0 Å². The van der Waals surface area contributed by atoms with Gasteiger partial charge in [0.2, 0.25) is 0 Å². The third kappa shape index (κ3) is 3.78. The van der Waals surface area contributed by atoms with Gasteiger partial charge in [-0.15, -0.1) is 0 Å². The van der Waals surface area contributed by atoms with Gasteiger partial charge in [-0.05, 0) is 4.53 Å². The van der Waals surface area contributed by atoms with Crippen molar-refractivity contribution in [2.75, 3.05) is 13.7 Å². The lowest BCUT2D eigenvalue weighted by molar-refractivity contribution is -0.221. The van der Waals surface area contributed by atoms with E-state index in [2.05, 4.69) is 9.68 Å². The largest absolute Gasteiger partial charge is 0.321 e. The summed E-state index contributed by atoms with van der Waals surface area (Å²) in [5, 5.41) is 0. The highest BCUT2D eigenvalue weighted by Crippen LogP contribution is 1.75. The van der Waals surface area contributed by atoms with Crippen LogP contribution in [-0.2, 0) is 9.68 Å². The highest BCUT2D eigenvalue weighted by molar-refractivity contribution is 3.86. The summed E-state index contributed by atoms with van der Waals surface area (Å²) in [6.45, 7) is -1.64. The predicted molar refractivity (Wildman–Crippen MR) is 14.1 cm³/mol. The average molecular weight is 98.0 g/mol. The number of hydrogen-bond acceptors (Lipinski definition) is 2. The van der Waals surface area contributed by atoms with Crippen LogP contribution in [0.4, 0.5) is 8.92 Å². The Balaban J connectivity index is 2.34. The maximum atomic E-state index is 10.7. The third-order valence-corrected chi connectivity index (χ3v) is 0.205. The monoisotopic (exact) mass is 98.0 g/mol. The molecule has 0 N–H and O–H groups in total. The van der Waals surface area contributed by atoms with Crippen LogP contribution in [0, 0.1) is 0 Å². The molecule has 0 rings (SSSR count). The summed E-state index contributed by atoms with van der Waals surface area (Å²) in [4.78, 5) is 2.82. The lowest BCUT2D eigenvalue weighted by Crippen LogP contribution is -1.89. The standard InChI is InChI=1S/C2H4F2O2/c3-1-5-2-6-4/h1-2H2. The van der Waals surface area contributed by atoms with Crippen molar-refractivity contribution in [3.05, 3.63) is 0 Å². The minimum Gasteiger partial charge on any atom is -0.321 e. The molecule has 0 fully saturated rings. The molecule has 0 spiro atoms. The Morgan fingerprint density at radius 2 is 2.17 bits per heavy atom. The number of hydrogen-bond donors (Lipinski definition) is 0. The van der Waals surface area contributed by atoms with Crippen LogP contribution in [0.15, 0.2) is 0 Å². The second kappa shape index (κ2) is 4.78. The molecule has 0 aliphatic heterocycles. The zero-order chi connectivity index (χ0) is 4.83. The molecule has 0 heterocycles. The van der Waals surface area contributed by atoms with Gasteiger partial charge in [-0.3, -0.25) is 0 Å². The molecule has 0 amide bonds. The summed E-state index contributed by atoms with van der Waals surface area (Å²) in [5.74, 6) is 0. The van der Waals surface area contributed by atoms with Crippen molar-refractivity contribution in [2.45, 2.75) is 0 Å². The minimum absolute atomic E-state index is 0.628. The van der Waals surface area contributed by atoms with E-state index in [0.29, 0.717) is 0 Å². The Kier molecular flexibility index (Phi) is 4.60. The van der Waals surface area contributed by atoms with Gasteiger partial charge in [-0.1, -0.05) is 0 Å². The van der Waals surface area contributed by atoms with E-state index in [1.54, 1.807) is 0 Å². The fourth-order valence-corrected chi connectivity index (χ4v) is 0.0630. The lowest BCUT2D eigenvalue weighted by atomic mass is 11.4. The molecule has 4 heteroatoms. The molecule has 2 nitrogen and oxygen atoms in total. The molecular weight excluding hydrogens is 94.0 g/mol. The van der Waals surface area contributed by atoms with E-state index >= 15 is 0 Å². The number of ether oxygens (including phenoxy) is 1. The first-order valence-electron chi connectivity index (χ1n) is 1.29. The van der Waals surface area contributed by atoms with E-state index in [1.807, 2.05) is 0 Å². The molecular formula is C2H4F2O2. The van der Waals surface area contributed by atoms with Gasteiger partial charge in [-0.25, -0.2) is 4.39 Å². The first-order chi connectivity index (χ1) is 2.91. The van der Waals surface area contributed by atoms with Gasteiger partial charge >= 0.3 is 0 Å². The Labute approximate surface area is 33.6 Å². The molecule has 0 radical (unpaired) electrons. The topological polar surface area (TPSA) is 18.5 Å². The highest BCUT2D eigenvalue weighted by Gasteiger charge is 1.77. The fraction of sp³-hybridized carbons (Fsp3) is 1.00. The zero-order valence-electron chi connectivity index (χ0n) is 2.99. The van der Waals surface area contributed by atoms with Gasteiger partial charge < -0.3 is 4.74 Å². The van der Waals surface area contributed by atoms with Crippen molar-refractivity contribution in [3.8, 4) is 0 Å². The van der Waals surface area contributed by atoms with Crippen molar-refractivity contribution in [1.29, 1.82) is 0 Å². The van der Waals surface area contributed by atoms with Crippen LogP contribution >= 0.6 is 0 Å². The quantitative estimate of drug-likeness (QED) is 0.383. The van der Waals surface area contributed by atoms with Crippen LogP contribution < -0.4 is 0 Å². The van der Waals surface area contributed by atoms with Crippen molar-refractivity contribution in [1.82, 2.24) is 0 Å². The maximum absolute atomic E-state index is 10.7. The maximum Gasteiger partial charge on any atom is 0.191 e. The summed E-state index contributed by atoms with van der Waals surface area (Å²) in [6, 6.07) is 0. The zero-order valence-corrected chi connectivity index (χ0v) is 2.99. The molecule has 0 aliphatic carbocycles. The SMILES string of the molecule is FCOCOF. The van der Waals surface area contributed by atoms with Crippen LogP contribution in [0.5, 0.6) is 0 Å². The second-order valence-electron chi connectivity index (χ2n) is 0.540. The number of halogens is 2. The molecule has 0 unspecified atom stereocenters. The van der Waals surface area contributed by atoms with Crippen LogP contribution in [0.3, 0.4) is 0 Å². The Hall–Kier alpha value is -0.220. The summed E-state index contributed by atoms with van der Waals surface area (Å²) in [7, 11) is 0. The molecule has 0 atom stereocenters. The molecule has 0 bridgehead atoms. The van der Waals surface area contributed by atoms with E-state index in [1.165, 1.54) is 0 Å². The smallest absolute Gasteiger partial charge is 0.191 e. The summed E-state index contributed by atoms with van der Waals surface area (Å²) in [5.41, 5.74) is 0. The molecule has 6 heavy (non-hydrogen) atoms. The highest BCUT2D eigenvalue weighted by atomic mass is 19.3. The predicted octanol–water partition coefficient (Wildman–Crippen LogP) is 0.789. The van der Waals surface area contributed by atoms with Gasteiger partial charge in [-0.2, -0.15) is 4.94 Å². The van der Waals surface area contributed by atoms with Gasteiger partial charge in [0, 0.05) is 0 Å². The van der Waals surface area contributed by atoms with Crippen LogP contribution in [0.1, 0.15) is 0 Å². The third-order valence-electron chi connectivity index (χ3n) is 0.205. The molecule has 0 aromatic heterocycles. The van der Waals surface area contributed by atoms with Gasteiger partial charge in [0.15, 0.2) is 13.7 Å². The van der Waals surface area contributed by atoms with Crippen LogP contribution in [0.2, 0.25) is 0 Å². The summed E-state index contributed by atoms with van der Waals surface area (Å²) >= 11 is 0. The van der Waals surface area contributed by atoms with Crippen molar-refractivity contribution < 1.29 is 18.6 Å². The molecule has 0 saturated heterocycles. The van der Waals surface area contributed by atoms with Crippen molar-refractivity contribution >= 4 is 0 Å². The molecule has 0 aliphatic rings. The molecule has 38 valence electrons. The minimum atomic E-state index is -1.01. The van der Waals surface area contributed by atoms with E-state index in [-0.39, 0.29) is 0 Å². The first-order valence-corrected chi connectivity index (χ1v) is 1.29. The molecule has 0 saturated carbocycles. The van der Waals surface area contributed by atoms with Gasteiger partial charge in [0.05, 0.1) is 0 Å². The summed E-state index contributed by atoms with van der Waals surface area (Å²) < 4.78 is 24.8. The normalized spacial score (nSPS) is 9.00. The second-order valence-corrected chi connectivity index (χ2v) is 0.540. The molecule has 0 aromatic rings. The van der Waals surface area contributed by atoms with Crippen molar-refractivity contribution in [2.24, 2.45) is 0 Å². The first kappa shape index (κ1) is 5.78.